The average Bonchev–Trinajstić information content (AvgIpc) is 1.62. The van der Waals surface area contributed by atoms with Crippen molar-refractivity contribution in [2.75, 3.05) is 0 Å². The van der Waals surface area contributed by atoms with Gasteiger partial charge in [-0.1, -0.05) is 6.92 Å². The molecule has 0 aliphatic carbocycles. The smallest absolute Gasteiger partial charge is 0.315 e. The maximum atomic E-state index is 10.1. The molecule has 52 valence electrons. The van der Waals surface area contributed by atoms with Crippen molar-refractivity contribution in [1.29, 1.82) is 0 Å². The van der Waals surface area contributed by atoms with E-state index in [9.17, 15) is 8.42 Å². The molecule has 0 aromatic rings. The van der Waals surface area contributed by atoms with Gasteiger partial charge in [-0.15, -0.1) is 8.42 Å². The lowest BCUT2D eigenvalue weighted by atomic mass is 10.5. The Kier molecular flexibility index (Phi) is 1.36. The predicted molar refractivity (Wildman–Crippen MR) is 29.5 cm³/mol. The zero-order valence-electron chi connectivity index (χ0n) is 4.83. The van der Waals surface area contributed by atoms with E-state index in [1.54, 1.807) is 6.08 Å². The zero-order chi connectivity index (χ0) is 6.91. The second kappa shape index (κ2) is 1.91. The van der Waals surface area contributed by atoms with E-state index in [2.05, 4.69) is 8.37 Å². The molecular weight excluding hydrogens is 144 g/mol. The van der Waals surface area contributed by atoms with Gasteiger partial charge in [0.05, 0.1) is 0 Å². The third kappa shape index (κ3) is 1.35. The minimum absolute atomic E-state index is 0.0810. The maximum Gasteiger partial charge on any atom is 0.506 e. The monoisotopic (exact) mass is 150 g/mol. The SMILES string of the molecule is CCC=C1OS(=O)(=O)O1. The molecule has 0 bridgehead atoms. The molecule has 5 heteroatoms. The summed E-state index contributed by atoms with van der Waals surface area (Å²) in [7, 11) is -3.62. The van der Waals surface area contributed by atoms with Gasteiger partial charge in [-0.05, 0) is 12.5 Å². The van der Waals surface area contributed by atoms with Crippen LogP contribution in [0.25, 0.3) is 0 Å². The van der Waals surface area contributed by atoms with Crippen LogP contribution in [0.4, 0.5) is 0 Å². The Balaban J connectivity index is 2.54. The summed E-state index contributed by atoms with van der Waals surface area (Å²) in [5, 5.41) is 0. The molecule has 9 heavy (non-hydrogen) atoms. The van der Waals surface area contributed by atoms with Gasteiger partial charge in [0.2, 0.25) is 0 Å². The molecule has 0 unspecified atom stereocenters. The van der Waals surface area contributed by atoms with Crippen LogP contribution in [0.15, 0.2) is 12.0 Å². The van der Waals surface area contributed by atoms with Crippen molar-refractivity contribution in [3.05, 3.63) is 12.0 Å². The lowest BCUT2D eigenvalue weighted by molar-refractivity contribution is 0.118. The Morgan fingerprint density at radius 3 is 2.44 bits per heavy atom. The van der Waals surface area contributed by atoms with Gasteiger partial charge in [0, 0.05) is 0 Å². The highest BCUT2D eigenvalue weighted by Gasteiger charge is 2.30. The molecule has 1 aliphatic heterocycles. The molecule has 0 atom stereocenters. The highest BCUT2D eigenvalue weighted by atomic mass is 32.3. The van der Waals surface area contributed by atoms with Crippen molar-refractivity contribution >= 4 is 10.4 Å². The normalized spacial score (nSPS) is 21.2. The minimum Gasteiger partial charge on any atom is -0.315 e. The van der Waals surface area contributed by atoms with Gasteiger partial charge in [-0.2, -0.15) is 0 Å². The Morgan fingerprint density at radius 2 is 2.11 bits per heavy atom. The third-order valence-electron chi connectivity index (χ3n) is 0.739. The van der Waals surface area contributed by atoms with Crippen molar-refractivity contribution in [2.45, 2.75) is 13.3 Å². The Morgan fingerprint density at radius 1 is 1.56 bits per heavy atom. The molecule has 0 saturated carbocycles. The van der Waals surface area contributed by atoms with Crippen molar-refractivity contribution in [2.24, 2.45) is 0 Å². The largest absolute Gasteiger partial charge is 0.506 e. The van der Waals surface area contributed by atoms with Crippen LogP contribution in [-0.2, 0) is 18.8 Å². The van der Waals surface area contributed by atoms with Crippen molar-refractivity contribution in [1.82, 2.24) is 0 Å². The van der Waals surface area contributed by atoms with E-state index in [1.807, 2.05) is 6.92 Å². The standard InChI is InChI=1S/C4H6O4S/c1-2-3-4-7-9(5,6)8-4/h3H,2H2,1H3. The summed E-state index contributed by atoms with van der Waals surface area (Å²) in [6.07, 6.45) is 2.24. The maximum absolute atomic E-state index is 10.1. The minimum atomic E-state index is -3.62. The molecule has 0 amide bonds. The first-order valence-corrected chi connectivity index (χ1v) is 3.81. The molecule has 1 heterocycles. The molecule has 4 nitrogen and oxygen atoms in total. The molecule has 1 rings (SSSR count). The fourth-order valence-corrected chi connectivity index (χ4v) is 0.993. The van der Waals surface area contributed by atoms with Gasteiger partial charge in [0.15, 0.2) is 0 Å². The molecule has 0 aromatic carbocycles. The van der Waals surface area contributed by atoms with E-state index in [1.165, 1.54) is 0 Å². The molecule has 0 N–H and O–H groups in total. The van der Waals surface area contributed by atoms with E-state index in [0.717, 1.165) is 0 Å². The number of hydrogen-bond acceptors (Lipinski definition) is 4. The van der Waals surface area contributed by atoms with E-state index >= 15 is 0 Å². The van der Waals surface area contributed by atoms with E-state index in [4.69, 9.17) is 0 Å². The fourth-order valence-electron chi connectivity index (χ4n) is 0.442. The summed E-state index contributed by atoms with van der Waals surface area (Å²) in [5.74, 6) is 0.0810. The van der Waals surface area contributed by atoms with Crippen molar-refractivity contribution < 1.29 is 16.8 Å². The van der Waals surface area contributed by atoms with Gasteiger partial charge in [0.25, 0.3) is 0 Å². The number of rotatable bonds is 1. The quantitative estimate of drug-likeness (QED) is 0.547. The first-order valence-electron chi connectivity index (χ1n) is 2.48. The summed E-state index contributed by atoms with van der Waals surface area (Å²) in [5.41, 5.74) is 0. The second-order valence-electron chi connectivity index (χ2n) is 1.51. The van der Waals surface area contributed by atoms with Crippen LogP contribution in [-0.4, -0.2) is 8.42 Å². The Labute approximate surface area is 53.4 Å². The van der Waals surface area contributed by atoms with Crippen LogP contribution in [0.2, 0.25) is 0 Å². The Hall–Kier alpha value is -0.710. The van der Waals surface area contributed by atoms with Gasteiger partial charge in [-0.3, -0.25) is 0 Å². The third-order valence-corrected chi connectivity index (χ3v) is 1.48. The van der Waals surface area contributed by atoms with Crippen LogP contribution in [0.1, 0.15) is 13.3 Å². The summed E-state index contributed by atoms with van der Waals surface area (Å²) in [6.45, 7) is 1.85. The van der Waals surface area contributed by atoms with Crippen molar-refractivity contribution in [3.8, 4) is 0 Å². The summed E-state index contributed by atoms with van der Waals surface area (Å²) in [6, 6.07) is 0. The van der Waals surface area contributed by atoms with E-state index < -0.39 is 10.4 Å². The topological polar surface area (TPSA) is 52.6 Å². The van der Waals surface area contributed by atoms with Crippen LogP contribution in [0.5, 0.6) is 0 Å². The molecule has 1 saturated heterocycles. The molecule has 0 aromatic heterocycles. The first-order chi connectivity index (χ1) is 4.14. The highest BCUT2D eigenvalue weighted by Crippen LogP contribution is 2.21. The van der Waals surface area contributed by atoms with Crippen LogP contribution < -0.4 is 0 Å². The average molecular weight is 150 g/mol. The lowest BCUT2D eigenvalue weighted by Gasteiger charge is -2.16. The Bertz CT molecular complexity index is 211. The van der Waals surface area contributed by atoms with Gasteiger partial charge < -0.3 is 8.37 Å². The molecule has 1 fully saturated rings. The van der Waals surface area contributed by atoms with E-state index in [-0.39, 0.29) is 5.95 Å². The summed E-state index contributed by atoms with van der Waals surface area (Å²) in [4.78, 5) is 0. The van der Waals surface area contributed by atoms with Crippen LogP contribution in [0.3, 0.4) is 0 Å². The second-order valence-corrected chi connectivity index (χ2v) is 2.66. The number of hydrogen-bond donors (Lipinski definition) is 0. The van der Waals surface area contributed by atoms with Crippen LogP contribution in [0, 0.1) is 0 Å². The van der Waals surface area contributed by atoms with E-state index in [0.29, 0.717) is 6.42 Å². The summed E-state index contributed by atoms with van der Waals surface area (Å²) < 4.78 is 28.5. The van der Waals surface area contributed by atoms with Gasteiger partial charge in [0.1, 0.15) is 0 Å². The first kappa shape index (κ1) is 6.41. The van der Waals surface area contributed by atoms with Gasteiger partial charge in [-0.25, -0.2) is 0 Å². The highest BCUT2D eigenvalue weighted by molar-refractivity contribution is 7.83. The van der Waals surface area contributed by atoms with Crippen LogP contribution >= 0.6 is 0 Å². The molecule has 1 aliphatic rings. The number of allylic oxidation sites excluding steroid dienone is 1. The van der Waals surface area contributed by atoms with Gasteiger partial charge >= 0.3 is 16.3 Å². The molecule has 0 radical (unpaired) electrons. The summed E-state index contributed by atoms with van der Waals surface area (Å²) >= 11 is 0. The molecular formula is C4H6O4S. The zero-order valence-corrected chi connectivity index (χ0v) is 5.64. The van der Waals surface area contributed by atoms with Crippen molar-refractivity contribution in [3.63, 3.8) is 0 Å². The lowest BCUT2D eigenvalue weighted by Crippen LogP contribution is -2.21. The molecule has 0 spiro atoms. The fraction of sp³-hybridized carbons (Fsp3) is 0.500. The predicted octanol–water partition coefficient (Wildman–Crippen LogP) is 0.529.